The summed E-state index contributed by atoms with van der Waals surface area (Å²) in [5.74, 6) is 0. The van der Waals surface area contributed by atoms with Crippen LogP contribution in [0.5, 0.6) is 0 Å². The van der Waals surface area contributed by atoms with E-state index in [2.05, 4.69) is 81.5 Å². The molecule has 1 unspecified atom stereocenters. The highest BCUT2D eigenvalue weighted by molar-refractivity contribution is 14.1. The first kappa shape index (κ1) is 15.8. The lowest BCUT2D eigenvalue weighted by molar-refractivity contribution is 1.04. The summed E-state index contributed by atoms with van der Waals surface area (Å²) in [7, 11) is 0. The quantitative estimate of drug-likeness (QED) is 0.420. The third kappa shape index (κ3) is 2.75. The normalized spacial score (nSPS) is 12.6. The van der Waals surface area contributed by atoms with Crippen molar-refractivity contribution in [3.63, 3.8) is 0 Å². The molecule has 0 N–H and O–H groups in total. The Morgan fingerprint density at radius 1 is 0.850 bits per heavy atom. The summed E-state index contributed by atoms with van der Waals surface area (Å²) < 4.78 is 1.22. The topological polar surface area (TPSA) is 0 Å². The first-order valence-electron chi connectivity index (χ1n) is 6.81. The molecule has 0 fully saturated rings. The van der Waals surface area contributed by atoms with Gasteiger partial charge in [0.15, 0.2) is 0 Å². The molecule has 0 radical (unpaired) electrons. The molecule has 0 aliphatic carbocycles. The lowest BCUT2D eigenvalue weighted by Gasteiger charge is -2.22. The van der Waals surface area contributed by atoms with Gasteiger partial charge in [-0.3, -0.25) is 0 Å². The Hall–Kier alpha value is -0.540. The number of alkyl halides is 1. The molecule has 0 amide bonds. The second-order valence-electron chi connectivity index (χ2n) is 5.46. The van der Waals surface area contributed by atoms with Gasteiger partial charge < -0.3 is 0 Å². The van der Waals surface area contributed by atoms with E-state index in [0.717, 1.165) is 0 Å². The van der Waals surface area contributed by atoms with Crippen molar-refractivity contribution in [3.8, 4) is 0 Å². The van der Waals surface area contributed by atoms with E-state index in [1.165, 1.54) is 42.5 Å². The van der Waals surface area contributed by atoms with Crippen LogP contribution in [0, 0.1) is 38.2 Å². The number of rotatable bonds is 2. The minimum atomic E-state index is -0.0808. The van der Waals surface area contributed by atoms with Gasteiger partial charge in [-0.05, 0) is 108 Å². The molecule has 0 saturated heterocycles. The van der Waals surface area contributed by atoms with Crippen molar-refractivity contribution in [2.75, 3.05) is 0 Å². The maximum Gasteiger partial charge on any atom is 0.0841 e. The van der Waals surface area contributed by atoms with Crippen LogP contribution >= 0.6 is 34.2 Å². The monoisotopic (exact) mass is 398 g/mol. The molecule has 2 heteroatoms. The fourth-order valence-electron chi connectivity index (χ4n) is 2.74. The zero-order valence-electron chi connectivity index (χ0n) is 12.6. The molecular weight excluding hydrogens is 379 g/mol. The van der Waals surface area contributed by atoms with Crippen LogP contribution in [-0.4, -0.2) is 0 Å². The van der Waals surface area contributed by atoms with Crippen LogP contribution < -0.4 is 0 Å². The summed E-state index contributed by atoms with van der Waals surface area (Å²) in [5.41, 5.74) is 9.20. The smallest absolute Gasteiger partial charge is 0.0841 e. The van der Waals surface area contributed by atoms with E-state index >= 15 is 0 Å². The number of hydrogen-bond donors (Lipinski definition) is 0. The fraction of sp³-hybridized carbons (Fsp3) is 0.333. The molecule has 0 bridgehead atoms. The van der Waals surface area contributed by atoms with E-state index in [0.29, 0.717) is 0 Å². The van der Waals surface area contributed by atoms with Gasteiger partial charge in [-0.15, -0.1) is 11.6 Å². The van der Waals surface area contributed by atoms with Gasteiger partial charge in [-0.1, -0.05) is 12.1 Å². The largest absolute Gasteiger partial charge is 0.113 e. The van der Waals surface area contributed by atoms with Crippen molar-refractivity contribution < 1.29 is 0 Å². The summed E-state index contributed by atoms with van der Waals surface area (Å²) in [6.07, 6.45) is 0. The predicted octanol–water partition coefficient (Wildman–Crippen LogP) is 6.16. The molecule has 2 aromatic rings. The van der Waals surface area contributed by atoms with Crippen molar-refractivity contribution >= 4 is 34.2 Å². The van der Waals surface area contributed by atoms with Gasteiger partial charge in [0.2, 0.25) is 0 Å². The van der Waals surface area contributed by atoms with Crippen LogP contribution in [-0.2, 0) is 0 Å². The SMILES string of the molecule is Cc1c(C)c(C)c(C(Cl)c2cccc(I)c2)c(C)c1C. The highest BCUT2D eigenvalue weighted by Gasteiger charge is 2.20. The zero-order chi connectivity index (χ0) is 15.0. The second-order valence-corrected chi connectivity index (χ2v) is 7.14. The molecule has 0 spiro atoms. The molecule has 0 aromatic heterocycles. The van der Waals surface area contributed by atoms with Crippen molar-refractivity contribution in [3.05, 3.63) is 66.8 Å². The van der Waals surface area contributed by atoms with Gasteiger partial charge >= 0.3 is 0 Å². The maximum atomic E-state index is 6.81. The average Bonchev–Trinajstić information content (AvgIpc) is 2.43. The van der Waals surface area contributed by atoms with Crippen LogP contribution in [0.25, 0.3) is 0 Å². The van der Waals surface area contributed by atoms with Gasteiger partial charge in [0.05, 0.1) is 5.38 Å². The Morgan fingerprint density at radius 3 is 1.85 bits per heavy atom. The van der Waals surface area contributed by atoms with Crippen molar-refractivity contribution in [2.45, 2.75) is 40.0 Å². The first-order chi connectivity index (χ1) is 9.34. The van der Waals surface area contributed by atoms with Crippen molar-refractivity contribution in [1.82, 2.24) is 0 Å². The Morgan fingerprint density at radius 2 is 1.35 bits per heavy atom. The average molecular weight is 399 g/mol. The second kappa shape index (κ2) is 6.07. The van der Waals surface area contributed by atoms with Gasteiger partial charge in [-0.2, -0.15) is 0 Å². The number of hydrogen-bond acceptors (Lipinski definition) is 0. The van der Waals surface area contributed by atoms with E-state index in [-0.39, 0.29) is 5.38 Å². The highest BCUT2D eigenvalue weighted by Crippen LogP contribution is 2.37. The van der Waals surface area contributed by atoms with E-state index in [1.54, 1.807) is 0 Å². The van der Waals surface area contributed by atoms with Crippen LogP contribution in [0.2, 0.25) is 0 Å². The standard InChI is InChI=1S/C18H20ClI/c1-10-11(2)13(4)17(14(5)12(10)3)18(19)15-7-6-8-16(20)9-15/h6-9,18H,1-5H3. The molecule has 2 rings (SSSR count). The van der Waals surface area contributed by atoms with Crippen LogP contribution in [0.1, 0.15) is 44.3 Å². The highest BCUT2D eigenvalue weighted by atomic mass is 127. The number of benzene rings is 2. The molecule has 0 nitrogen and oxygen atoms in total. The molecule has 106 valence electrons. The Kier molecular flexibility index (Phi) is 4.80. The Balaban J connectivity index is 2.64. The van der Waals surface area contributed by atoms with E-state index in [1.807, 2.05) is 0 Å². The van der Waals surface area contributed by atoms with Gasteiger partial charge in [0, 0.05) is 3.57 Å². The predicted molar refractivity (Wildman–Crippen MR) is 97.0 cm³/mol. The molecular formula is C18H20ClI. The lowest BCUT2D eigenvalue weighted by atomic mass is 9.86. The molecule has 0 aliphatic rings. The minimum Gasteiger partial charge on any atom is -0.113 e. The fourth-order valence-corrected chi connectivity index (χ4v) is 3.77. The van der Waals surface area contributed by atoms with Crippen molar-refractivity contribution in [2.24, 2.45) is 0 Å². The van der Waals surface area contributed by atoms with Crippen LogP contribution in [0.15, 0.2) is 24.3 Å². The summed E-state index contributed by atoms with van der Waals surface area (Å²) in [6, 6.07) is 8.45. The van der Waals surface area contributed by atoms with Crippen molar-refractivity contribution in [1.29, 1.82) is 0 Å². The lowest BCUT2D eigenvalue weighted by Crippen LogP contribution is -2.06. The molecule has 2 aromatic carbocycles. The maximum absolute atomic E-state index is 6.81. The Bertz CT molecular complexity index is 630. The first-order valence-corrected chi connectivity index (χ1v) is 8.32. The van der Waals surface area contributed by atoms with Crippen LogP contribution in [0.4, 0.5) is 0 Å². The van der Waals surface area contributed by atoms with E-state index in [9.17, 15) is 0 Å². The molecule has 0 heterocycles. The molecule has 1 atom stereocenters. The molecule has 0 saturated carbocycles. The zero-order valence-corrected chi connectivity index (χ0v) is 15.6. The minimum absolute atomic E-state index is 0.0808. The third-order valence-corrected chi connectivity index (χ3v) is 5.59. The van der Waals surface area contributed by atoms with Gasteiger partial charge in [0.25, 0.3) is 0 Å². The Labute approximate surface area is 140 Å². The molecule has 0 aliphatic heterocycles. The third-order valence-electron chi connectivity index (χ3n) is 4.45. The summed E-state index contributed by atoms with van der Waals surface area (Å²) in [6.45, 7) is 11.0. The summed E-state index contributed by atoms with van der Waals surface area (Å²) in [4.78, 5) is 0. The number of halogens is 2. The van der Waals surface area contributed by atoms with Crippen LogP contribution in [0.3, 0.4) is 0 Å². The van der Waals surface area contributed by atoms with Gasteiger partial charge in [-0.25, -0.2) is 0 Å². The molecule has 20 heavy (non-hydrogen) atoms. The van der Waals surface area contributed by atoms with E-state index < -0.39 is 0 Å². The summed E-state index contributed by atoms with van der Waals surface area (Å²) in [5, 5.41) is -0.0808. The van der Waals surface area contributed by atoms with E-state index in [4.69, 9.17) is 11.6 Å². The van der Waals surface area contributed by atoms with Gasteiger partial charge in [0.1, 0.15) is 0 Å². The summed E-state index contributed by atoms with van der Waals surface area (Å²) >= 11 is 9.14.